The molecule has 0 saturated carbocycles. The number of nitrogens with one attached hydrogen (secondary N) is 2. The van der Waals surface area contributed by atoms with E-state index in [1.54, 1.807) is 0 Å². The minimum Gasteiger partial charge on any atom is -0.454 e. The molecule has 0 saturated heterocycles. The average Bonchev–Trinajstić information content (AvgIpc) is 2.71. The van der Waals surface area contributed by atoms with E-state index in [1.807, 2.05) is 0 Å². The van der Waals surface area contributed by atoms with Crippen LogP contribution in [-0.2, 0) is 16.0 Å². The van der Waals surface area contributed by atoms with Gasteiger partial charge in [0.25, 0.3) is 0 Å². The second-order valence-electron chi connectivity index (χ2n) is 6.79. The van der Waals surface area contributed by atoms with Crippen LogP contribution in [-0.4, -0.2) is 42.4 Å². The van der Waals surface area contributed by atoms with Crippen molar-refractivity contribution in [2.24, 2.45) is 0 Å². The van der Waals surface area contributed by atoms with E-state index in [0.717, 1.165) is 24.5 Å². The predicted molar refractivity (Wildman–Crippen MR) is 109 cm³/mol. The van der Waals surface area contributed by atoms with E-state index in [4.69, 9.17) is 0 Å². The van der Waals surface area contributed by atoms with Crippen LogP contribution in [0, 0.1) is 0 Å². The van der Waals surface area contributed by atoms with Gasteiger partial charge in [0.2, 0.25) is 11.9 Å². The molecule has 0 radical (unpaired) electrons. The van der Waals surface area contributed by atoms with E-state index in [2.05, 4.69) is 30.3 Å². The molecule has 2 N–H and O–H groups in total. The van der Waals surface area contributed by atoms with Gasteiger partial charge < -0.3 is 15.4 Å². The third kappa shape index (κ3) is 7.19. The number of ether oxygens (including phenoxy) is 1. The Morgan fingerprint density at radius 2 is 1.44 bits per heavy atom. The summed E-state index contributed by atoms with van der Waals surface area (Å²) in [7, 11) is -3.46. The number of halogens is 6. The van der Waals surface area contributed by atoms with Crippen LogP contribution in [0.4, 0.5) is 49.6 Å². The Hall–Kier alpha value is -3.62. The molecule has 8 nitrogen and oxygen atoms in total. The molecule has 182 valence electrons. The molecule has 1 aromatic heterocycles. The van der Waals surface area contributed by atoms with E-state index in [9.17, 15) is 34.8 Å². The Labute approximate surface area is 188 Å². The maximum Gasteiger partial charge on any atom is 0.422 e. The molecule has 3 rings (SSSR count). The number of hydrogen-bond acceptors (Lipinski definition) is 8. The number of nitrogens with zero attached hydrogens (tertiary/aromatic N) is 3. The summed E-state index contributed by atoms with van der Waals surface area (Å²) in [5.74, 6) is -0.712. The lowest BCUT2D eigenvalue weighted by Crippen LogP contribution is -2.20. The van der Waals surface area contributed by atoms with Crippen LogP contribution >= 0.6 is 0 Å². The van der Waals surface area contributed by atoms with Gasteiger partial charge in [-0.2, -0.15) is 41.3 Å². The third-order valence-electron chi connectivity index (χ3n) is 3.96. The molecule has 1 heterocycles. The van der Waals surface area contributed by atoms with Crippen LogP contribution in [0.3, 0.4) is 0 Å². The SMILES string of the molecule is CS(=O)(=O)c1ccc(Nc2nc(Nc3cccc(C(F)(F)F)c3)nc(OCC(F)(F)F)n2)cc1. The molecule has 0 atom stereocenters. The Balaban J connectivity index is 1.91. The van der Waals surface area contributed by atoms with Gasteiger partial charge in [0, 0.05) is 17.6 Å². The fourth-order valence-electron chi connectivity index (χ4n) is 2.50. The van der Waals surface area contributed by atoms with Gasteiger partial charge >= 0.3 is 18.4 Å². The van der Waals surface area contributed by atoms with Gasteiger partial charge in [0.1, 0.15) is 0 Å². The maximum atomic E-state index is 12.9. The molecule has 15 heteroatoms. The van der Waals surface area contributed by atoms with Crippen LogP contribution in [0.1, 0.15) is 5.56 Å². The van der Waals surface area contributed by atoms with Crippen molar-refractivity contribution >= 4 is 33.1 Å². The Morgan fingerprint density at radius 1 is 0.853 bits per heavy atom. The number of aromatic nitrogens is 3. The molecule has 34 heavy (non-hydrogen) atoms. The standard InChI is InChI=1S/C19H15F6N5O3S/c1-34(31,32)14-7-5-12(6-8-14)26-15-28-16(30-17(29-15)33-10-18(20,21)22)27-13-4-2-3-11(9-13)19(23,24)25/h2-9H,10H2,1H3,(H2,26,27,28,29,30). The van der Waals surface area contributed by atoms with E-state index < -0.39 is 46.3 Å². The molecule has 3 aromatic rings. The highest BCUT2D eigenvalue weighted by molar-refractivity contribution is 7.90. The smallest absolute Gasteiger partial charge is 0.422 e. The Kier molecular flexibility index (Phi) is 6.86. The van der Waals surface area contributed by atoms with Crippen LogP contribution in [0.15, 0.2) is 53.4 Å². The van der Waals surface area contributed by atoms with E-state index in [-0.39, 0.29) is 22.2 Å². The number of alkyl halides is 6. The molecule has 0 unspecified atom stereocenters. The first-order valence-corrected chi connectivity index (χ1v) is 11.1. The van der Waals surface area contributed by atoms with Gasteiger partial charge in [-0.1, -0.05) is 6.07 Å². The van der Waals surface area contributed by atoms with Crippen molar-refractivity contribution in [2.75, 3.05) is 23.5 Å². The number of rotatable bonds is 7. The summed E-state index contributed by atoms with van der Waals surface area (Å²) in [6, 6.07) is 8.51. The molecule has 0 bridgehead atoms. The molecule has 0 amide bonds. The summed E-state index contributed by atoms with van der Waals surface area (Å²) >= 11 is 0. The van der Waals surface area contributed by atoms with Gasteiger partial charge in [-0.05, 0) is 42.5 Å². The third-order valence-corrected chi connectivity index (χ3v) is 5.09. The Bertz CT molecular complexity index is 1260. The lowest BCUT2D eigenvalue weighted by Gasteiger charge is -2.13. The van der Waals surface area contributed by atoms with Crippen molar-refractivity contribution in [3.05, 3.63) is 54.1 Å². The fourth-order valence-corrected chi connectivity index (χ4v) is 3.13. The second-order valence-corrected chi connectivity index (χ2v) is 8.81. The first-order valence-electron chi connectivity index (χ1n) is 9.16. The van der Waals surface area contributed by atoms with Crippen molar-refractivity contribution in [1.82, 2.24) is 15.0 Å². The summed E-state index contributed by atoms with van der Waals surface area (Å²) in [6.45, 7) is -1.72. The second kappa shape index (κ2) is 9.32. The summed E-state index contributed by atoms with van der Waals surface area (Å²) in [4.78, 5) is 11.3. The van der Waals surface area contributed by atoms with Crippen molar-refractivity contribution in [1.29, 1.82) is 0 Å². The number of anilines is 4. The Morgan fingerprint density at radius 3 is 1.97 bits per heavy atom. The summed E-state index contributed by atoms with van der Waals surface area (Å²) in [5.41, 5.74) is -0.791. The van der Waals surface area contributed by atoms with Crippen LogP contribution in [0.5, 0.6) is 6.01 Å². The molecule has 0 fully saturated rings. The van der Waals surface area contributed by atoms with Crippen molar-refractivity contribution in [2.45, 2.75) is 17.2 Å². The lowest BCUT2D eigenvalue weighted by molar-refractivity contribution is -0.154. The molecule has 0 spiro atoms. The minimum atomic E-state index is -4.70. The van der Waals surface area contributed by atoms with Gasteiger partial charge in [-0.3, -0.25) is 0 Å². The highest BCUT2D eigenvalue weighted by atomic mass is 32.2. The van der Waals surface area contributed by atoms with Gasteiger partial charge in [0.15, 0.2) is 16.4 Å². The normalized spacial score (nSPS) is 12.3. The first-order chi connectivity index (χ1) is 15.7. The van der Waals surface area contributed by atoms with Crippen LogP contribution < -0.4 is 15.4 Å². The number of sulfone groups is 1. The van der Waals surface area contributed by atoms with Gasteiger partial charge in [-0.15, -0.1) is 0 Å². The monoisotopic (exact) mass is 507 g/mol. The van der Waals surface area contributed by atoms with Gasteiger partial charge in [0.05, 0.1) is 10.5 Å². The zero-order chi connectivity index (χ0) is 25.1. The largest absolute Gasteiger partial charge is 0.454 e. The zero-order valence-electron chi connectivity index (χ0n) is 17.1. The fraction of sp³-hybridized carbons (Fsp3) is 0.211. The number of hydrogen-bond donors (Lipinski definition) is 2. The average molecular weight is 507 g/mol. The van der Waals surface area contributed by atoms with E-state index >= 15 is 0 Å². The van der Waals surface area contributed by atoms with Crippen molar-refractivity contribution < 1.29 is 39.5 Å². The number of benzene rings is 2. The minimum absolute atomic E-state index is 0.0230. The highest BCUT2D eigenvalue weighted by Crippen LogP contribution is 2.31. The first kappa shape index (κ1) is 25.0. The highest BCUT2D eigenvalue weighted by Gasteiger charge is 2.31. The predicted octanol–water partition coefficient (Wildman–Crippen LogP) is 4.72. The summed E-state index contributed by atoms with van der Waals surface area (Å²) in [6.07, 6.45) is -8.31. The molecule has 0 aliphatic rings. The molecule has 0 aliphatic heterocycles. The molecular weight excluding hydrogens is 492 g/mol. The lowest BCUT2D eigenvalue weighted by atomic mass is 10.2. The topological polar surface area (TPSA) is 106 Å². The molecule has 0 aliphatic carbocycles. The summed E-state index contributed by atoms with van der Waals surface area (Å²) in [5, 5.41) is 5.11. The summed E-state index contributed by atoms with van der Waals surface area (Å²) < 4.78 is 104. The molecule has 2 aromatic carbocycles. The van der Waals surface area contributed by atoms with Crippen molar-refractivity contribution in [3.63, 3.8) is 0 Å². The molecular formula is C19H15F6N5O3S. The van der Waals surface area contributed by atoms with Crippen LogP contribution in [0.25, 0.3) is 0 Å². The van der Waals surface area contributed by atoms with Gasteiger partial charge in [-0.25, -0.2) is 8.42 Å². The van der Waals surface area contributed by atoms with Crippen molar-refractivity contribution in [3.8, 4) is 6.01 Å². The van der Waals surface area contributed by atoms with E-state index in [0.29, 0.717) is 0 Å². The van der Waals surface area contributed by atoms with Crippen LogP contribution in [0.2, 0.25) is 0 Å². The quantitative estimate of drug-likeness (QED) is 0.443. The van der Waals surface area contributed by atoms with E-state index in [1.165, 1.54) is 30.3 Å². The zero-order valence-corrected chi connectivity index (χ0v) is 17.9. The maximum absolute atomic E-state index is 12.9.